The maximum absolute atomic E-state index is 13.4. The van der Waals surface area contributed by atoms with Crippen LogP contribution in [0.2, 0.25) is 0 Å². The molecule has 0 saturated carbocycles. The molecule has 6 nitrogen and oxygen atoms in total. The van der Waals surface area contributed by atoms with E-state index >= 15 is 0 Å². The van der Waals surface area contributed by atoms with Crippen molar-refractivity contribution in [1.29, 1.82) is 0 Å². The third-order valence-corrected chi connectivity index (χ3v) is 4.24. The molecular formula is C18H17FN2O4. The summed E-state index contributed by atoms with van der Waals surface area (Å²) in [6.07, 6.45) is -0.424. The second-order valence-corrected chi connectivity index (χ2v) is 5.92. The Bertz CT molecular complexity index is 824. The third-order valence-electron chi connectivity index (χ3n) is 4.24. The van der Waals surface area contributed by atoms with E-state index < -0.39 is 11.0 Å². The number of carbonyl (C=O) groups is 1. The first-order valence-corrected chi connectivity index (χ1v) is 7.87. The van der Waals surface area contributed by atoms with Gasteiger partial charge in [-0.15, -0.1) is 0 Å². The van der Waals surface area contributed by atoms with Crippen molar-refractivity contribution in [3.8, 4) is 0 Å². The van der Waals surface area contributed by atoms with Gasteiger partial charge >= 0.3 is 0 Å². The molecule has 1 saturated heterocycles. The predicted molar refractivity (Wildman–Crippen MR) is 88.8 cm³/mol. The summed E-state index contributed by atoms with van der Waals surface area (Å²) in [4.78, 5) is 24.8. The minimum Gasteiger partial charge on any atom is -0.370 e. The lowest BCUT2D eigenvalue weighted by atomic mass is 10.0. The fourth-order valence-electron chi connectivity index (χ4n) is 2.87. The summed E-state index contributed by atoms with van der Waals surface area (Å²) in [6.45, 7) is 2.71. The number of ether oxygens (including phenoxy) is 1. The number of nitro groups is 1. The zero-order valence-electron chi connectivity index (χ0n) is 13.6. The maximum Gasteiger partial charge on any atom is 0.270 e. The predicted octanol–water partition coefficient (Wildman–Crippen LogP) is 3.26. The van der Waals surface area contributed by atoms with E-state index in [2.05, 4.69) is 0 Å². The topological polar surface area (TPSA) is 72.7 Å². The number of hydrogen-bond acceptors (Lipinski definition) is 4. The molecule has 1 aliphatic heterocycles. The second-order valence-electron chi connectivity index (χ2n) is 5.92. The molecule has 2 aromatic rings. The highest BCUT2D eigenvalue weighted by Gasteiger charge is 2.28. The van der Waals surface area contributed by atoms with Gasteiger partial charge in [0.25, 0.3) is 11.6 Å². The number of morpholine rings is 1. The van der Waals surface area contributed by atoms with Crippen molar-refractivity contribution >= 4 is 11.6 Å². The van der Waals surface area contributed by atoms with Crippen LogP contribution in [-0.4, -0.2) is 35.4 Å². The SMILES string of the molecule is Cc1ccc([N+](=O)[O-])cc1C(=O)N1CCOC(c2cccc(F)c2)C1. The van der Waals surface area contributed by atoms with Gasteiger partial charge in [0.2, 0.25) is 0 Å². The summed E-state index contributed by atoms with van der Waals surface area (Å²) in [5.74, 6) is -0.648. The fraction of sp³-hybridized carbons (Fsp3) is 0.278. The third kappa shape index (κ3) is 3.66. The highest BCUT2D eigenvalue weighted by molar-refractivity contribution is 5.96. The lowest BCUT2D eigenvalue weighted by molar-refractivity contribution is -0.384. The second kappa shape index (κ2) is 6.98. The first kappa shape index (κ1) is 17.0. The number of aryl methyl sites for hydroxylation is 1. The fourth-order valence-corrected chi connectivity index (χ4v) is 2.87. The Labute approximate surface area is 144 Å². The first-order chi connectivity index (χ1) is 12.0. The van der Waals surface area contributed by atoms with Crippen molar-refractivity contribution in [2.45, 2.75) is 13.0 Å². The molecule has 1 atom stereocenters. The van der Waals surface area contributed by atoms with Crippen molar-refractivity contribution in [3.63, 3.8) is 0 Å². The maximum atomic E-state index is 13.4. The van der Waals surface area contributed by atoms with E-state index in [4.69, 9.17) is 4.74 Å². The molecule has 0 radical (unpaired) electrons. The van der Waals surface area contributed by atoms with E-state index in [-0.39, 0.29) is 24.0 Å². The molecule has 1 aliphatic rings. The Morgan fingerprint density at radius 3 is 2.84 bits per heavy atom. The van der Waals surface area contributed by atoms with Gasteiger partial charge in [-0.25, -0.2) is 4.39 Å². The van der Waals surface area contributed by atoms with Gasteiger partial charge in [0.15, 0.2) is 0 Å². The van der Waals surface area contributed by atoms with Crippen LogP contribution in [0.1, 0.15) is 27.6 Å². The van der Waals surface area contributed by atoms with Gasteiger partial charge in [-0.3, -0.25) is 14.9 Å². The number of nitro benzene ring substituents is 1. The van der Waals surface area contributed by atoms with E-state index in [0.29, 0.717) is 29.8 Å². The molecule has 0 spiro atoms. The molecule has 25 heavy (non-hydrogen) atoms. The van der Waals surface area contributed by atoms with Gasteiger partial charge in [-0.2, -0.15) is 0 Å². The number of benzene rings is 2. The molecule has 1 heterocycles. The summed E-state index contributed by atoms with van der Waals surface area (Å²) in [7, 11) is 0. The molecule has 7 heteroatoms. The monoisotopic (exact) mass is 344 g/mol. The number of rotatable bonds is 3. The normalized spacial score (nSPS) is 17.4. The Morgan fingerprint density at radius 1 is 1.32 bits per heavy atom. The van der Waals surface area contributed by atoms with Crippen molar-refractivity contribution in [3.05, 3.63) is 75.1 Å². The summed E-state index contributed by atoms with van der Waals surface area (Å²) >= 11 is 0. The molecule has 1 fully saturated rings. The molecule has 0 bridgehead atoms. The van der Waals surface area contributed by atoms with Crippen molar-refractivity contribution < 1.29 is 18.8 Å². The minimum absolute atomic E-state index is 0.121. The highest BCUT2D eigenvalue weighted by Crippen LogP contribution is 2.25. The van der Waals surface area contributed by atoms with Crippen LogP contribution in [0.5, 0.6) is 0 Å². The number of halogens is 1. The minimum atomic E-state index is -0.523. The van der Waals surface area contributed by atoms with Gasteiger partial charge in [0.05, 0.1) is 18.1 Å². The van der Waals surface area contributed by atoms with E-state index in [1.807, 2.05) is 0 Å². The largest absolute Gasteiger partial charge is 0.370 e. The van der Waals surface area contributed by atoms with Gasteiger partial charge in [-0.05, 0) is 30.2 Å². The Morgan fingerprint density at radius 2 is 2.12 bits per heavy atom. The number of nitrogens with zero attached hydrogens (tertiary/aromatic N) is 2. The highest BCUT2D eigenvalue weighted by atomic mass is 19.1. The molecule has 3 rings (SSSR count). The number of carbonyl (C=O) groups excluding carboxylic acids is 1. The standard InChI is InChI=1S/C18H17FN2O4/c1-12-5-6-15(21(23)24)10-16(12)18(22)20-7-8-25-17(11-20)13-3-2-4-14(19)9-13/h2-6,9-10,17H,7-8,11H2,1H3. The lowest BCUT2D eigenvalue weighted by Crippen LogP contribution is -2.42. The van der Waals surface area contributed by atoms with E-state index in [1.165, 1.54) is 24.3 Å². The van der Waals surface area contributed by atoms with Gasteiger partial charge < -0.3 is 9.64 Å². The average Bonchev–Trinajstić information content (AvgIpc) is 2.61. The van der Waals surface area contributed by atoms with Crippen LogP contribution in [0, 0.1) is 22.9 Å². The Hall–Kier alpha value is -2.80. The zero-order chi connectivity index (χ0) is 18.0. The smallest absolute Gasteiger partial charge is 0.270 e. The zero-order valence-corrected chi connectivity index (χ0v) is 13.6. The Balaban J connectivity index is 1.83. The molecule has 1 unspecified atom stereocenters. The van der Waals surface area contributed by atoms with E-state index in [1.54, 1.807) is 30.0 Å². The molecule has 0 aromatic heterocycles. The van der Waals surface area contributed by atoms with Crippen LogP contribution in [0.25, 0.3) is 0 Å². The molecule has 2 aromatic carbocycles. The average molecular weight is 344 g/mol. The van der Waals surface area contributed by atoms with Gasteiger partial charge in [0, 0.05) is 24.2 Å². The van der Waals surface area contributed by atoms with Crippen LogP contribution >= 0.6 is 0 Å². The quantitative estimate of drug-likeness (QED) is 0.633. The lowest BCUT2D eigenvalue weighted by Gasteiger charge is -2.33. The molecule has 0 aliphatic carbocycles. The number of hydrogen-bond donors (Lipinski definition) is 0. The summed E-state index contributed by atoms with van der Waals surface area (Å²) in [5.41, 5.74) is 1.51. The van der Waals surface area contributed by atoms with Crippen LogP contribution in [0.4, 0.5) is 10.1 Å². The Kier molecular flexibility index (Phi) is 4.76. The summed E-state index contributed by atoms with van der Waals surface area (Å²) in [5, 5.41) is 11.0. The van der Waals surface area contributed by atoms with Crippen LogP contribution in [0.3, 0.4) is 0 Å². The van der Waals surface area contributed by atoms with Crippen molar-refractivity contribution in [2.75, 3.05) is 19.7 Å². The molecular weight excluding hydrogens is 327 g/mol. The van der Waals surface area contributed by atoms with Gasteiger partial charge in [0.1, 0.15) is 11.9 Å². The van der Waals surface area contributed by atoms with E-state index in [0.717, 1.165) is 0 Å². The van der Waals surface area contributed by atoms with Crippen LogP contribution < -0.4 is 0 Å². The van der Waals surface area contributed by atoms with Crippen LogP contribution in [-0.2, 0) is 4.74 Å². The molecule has 130 valence electrons. The van der Waals surface area contributed by atoms with Crippen molar-refractivity contribution in [1.82, 2.24) is 4.90 Å². The summed E-state index contributed by atoms with van der Waals surface area (Å²) < 4.78 is 19.1. The number of amides is 1. The van der Waals surface area contributed by atoms with Crippen LogP contribution in [0.15, 0.2) is 42.5 Å². The number of non-ortho nitro benzene ring substituents is 1. The molecule has 0 N–H and O–H groups in total. The van der Waals surface area contributed by atoms with E-state index in [9.17, 15) is 19.3 Å². The van der Waals surface area contributed by atoms with Crippen molar-refractivity contribution in [2.24, 2.45) is 0 Å². The summed E-state index contributed by atoms with van der Waals surface area (Å²) in [6, 6.07) is 10.3. The molecule has 1 amide bonds. The van der Waals surface area contributed by atoms with Gasteiger partial charge in [-0.1, -0.05) is 18.2 Å². The first-order valence-electron chi connectivity index (χ1n) is 7.87.